The number of nitrogens with zero attached hydrogens (tertiary/aromatic N) is 1. The Morgan fingerprint density at radius 3 is 1.67 bits per heavy atom. The molecule has 4 rings (SSSR count). The van der Waals surface area contributed by atoms with Crippen LogP contribution in [0, 0.1) is 16.7 Å². The Bertz CT molecular complexity index is 2310. The number of ether oxygens (including phenoxy) is 9. The lowest BCUT2D eigenvalue weighted by Gasteiger charge is -2.42. The fourth-order valence-electron chi connectivity index (χ4n) is 10.5. The number of hydrogen-bond acceptors (Lipinski definition) is 24. The average molecular weight is 1290 g/mol. The number of carboxylic acid groups (broad SMARTS) is 1. The van der Waals surface area contributed by atoms with Crippen LogP contribution in [-0.4, -0.2) is 274 Å². The number of benzene rings is 1. The van der Waals surface area contributed by atoms with Gasteiger partial charge in [-0.3, -0.25) is 33.6 Å². The number of aliphatic carboxylic acids is 1. The molecular weight excluding hydrogens is 1190 g/mol. The van der Waals surface area contributed by atoms with Gasteiger partial charge in [0.05, 0.1) is 104 Å². The van der Waals surface area contributed by atoms with Crippen molar-refractivity contribution in [2.24, 2.45) is 16.7 Å². The Labute approximate surface area is 523 Å². The van der Waals surface area contributed by atoms with Gasteiger partial charge in [0.2, 0.25) is 23.6 Å². The standard InChI is InChI=1S/C59H96N6O25/c1-37(69)62-48-43(30-41(31-66)50(75)52(48)77)86-25-23-84-21-19-82-17-14-60-54(79)39-27-40(55(80)61-15-18-83-20-22-85-24-26-87-56-49(63-38(2)70)53(78)51(76)44(32-67)90-56)29-42(28-39)64-45(71)11-9-7-5-6-8-10-12-46(72)65-33-58(3,35-68)59(4,34-65)36-89-57(81)88-16-13-47(73)74/h27-29,41,43-44,48-53,56,66-68,75-78H,5-26,30-36H2,1-4H3,(H,60,79)(H,61,80)(H,62,69)(H,63,70)(H,64,71)(H,73,74)/t41-,43?,44-,48+,49-,50+,51+,52-,53-,56?,58?,59?/m1/s1. The number of aliphatic hydroxyl groups is 7. The Kier molecular flexibility index (Phi) is 34.3. The third kappa shape index (κ3) is 25.7. The molecule has 512 valence electrons. The van der Waals surface area contributed by atoms with Crippen molar-refractivity contribution < 1.29 is 122 Å². The summed E-state index contributed by atoms with van der Waals surface area (Å²) in [5.74, 6) is -4.22. The van der Waals surface area contributed by atoms with Crippen LogP contribution < -0.4 is 26.6 Å². The van der Waals surface area contributed by atoms with E-state index in [4.69, 9.17) is 47.7 Å². The molecule has 4 unspecified atom stereocenters. The topological polar surface area (TPSA) is 445 Å². The van der Waals surface area contributed by atoms with Crippen LogP contribution in [0.1, 0.15) is 113 Å². The predicted octanol–water partition coefficient (Wildman–Crippen LogP) is -1.67. The smallest absolute Gasteiger partial charge is 0.481 e. The van der Waals surface area contributed by atoms with E-state index in [1.165, 1.54) is 32.0 Å². The molecule has 90 heavy (non-hydrogen) atoms. The van der Waals surface area contributed by atoms with Gasteiger partial charge in [-0.25, -0.2) is 4.79 Å². The fourth-order valence-corrected chi connectivity index (χ4v) is 10.5. The van der Waals surface area contributed by atoms with E-state index in [0.717, 1.165) is 25.7 Å². The summed E-state index contributed by atoms with van der Waals surface area (Å²) in [5.41, 5.74) is -1.19. The van der Waals surface area contributed by atoms with E-state index in [1.54, 1.807) is 4.90 Å². The molecule has 12 atom stereocenters. The Morgan fingerprint density at radius 2 is 1.11 bits per heavy atom. The molecule has 6 amide bonds. The minimum absolute atomic E-state index is 0.0337. The predicted molar refractivity (Wildman–Crippen MR) is 315 cm³/mol. The van der Waals surface area contributed by atoms with E-state index in [1.807, 2.05) is 13.8 Å². The van der Waals surface area contributed by atoms with Crippen LogP contribution >= 0.6 is 0 Å². The third-order valence-electron chi connectivity index (χ3n) is 15.9. The van der Waals surface area contributed by atoms with Gasteiger partial charge in [0.1, 0.15) is 43.7 Å². The number of nitrogens with one attached hydrogen (secondary N) is 5. The van der Waals surface area contributed by atoms with Crippen molar-refractivity contribution in [1.29, 1.82) is 0 Å². The van der Waals surface area contributed by atoms with Gasteiger partial charge in [0.15, 0.2) is 6.29 Å². The van der Waals surface area contributed by atoms with Gasteiger partial charge in [-0.1, -0.05) is 39.5 Å². The van der Waals surface area contributed by atoms with Gasteiger partial charge < -0.3 is 115 Å². The van der Waals surface area contributed by atoms with E-state index in [-0.39, 0.29) is 173 Å². The van der Waals surface area contributed by atoms with E-state index < -0.39 is 114 Å². The molecule has 1 aromatic carbocycles. The number of rotatable bonds is 42. The SMILES string of the molecule is CC(=O)N[C@H]1C(OCCOCCOCCNC(=O)c2cc(NC(=O)CCCCCCCCC(=O)N3CC(C)(CO)C(C)(COC(=O)OCCC(=O)O)C3)cc(C(=O)NCCOCCOCCOC3C[C@H](CO)[C@H](O)[C@H](O)[C@H]3NC(C)=O)c2)O[C@H](CO)[C@H](O)[C@@H]1O. The lowest BCUT2D eigenvalue weighted by atomic mass is 9.69. The summed E-state index contributed by atoms with van der Waals surface area (Å²) < 4.78 is 49.4. The van der Waals surface area contributed by atoms with Crippen molar-refractivity contribution in [3.63, 3.8) is 0 Å². The molecule has 1 aliphatic carbocycles. The lowest BCUT2D eigenvalue weighted by Crippen LogP contribution is -2.64. The first-order valence-electron chi connectivity index (χ1n) is 30.6. The average Bonchev–Trinajstić information content (AvgIpc) is 1.73. The first-order valence-corrected chi connectivity index (χ1v) is 30.6. The molecule has 1 saturated carbocycles. The zero-order valence-electron chi connectivity index (χ0n) is 52.0. The van der Waals surface area contributed by atoms with Gasteiger partial charge in [-0.05, 0) is 37.5 Å². The number of amides is 6. The largest absolute Gasteiger partial charge is 0.508 e. The highest BCUT2D eigenvalue weighted by Gasteiger charge is 2.54. The zero-order valence-corrected chi connectivity index (χ0v) is 52.0. The maximum Gasteiger partial charge on any atom is 0.508 e. The van der Waals surface area contributed by atoms with Crippen LogP contribution in [-0.2, 0) is 66.6 Å². The van der Waals surface area contributed by atoms with E-state index >= 15 is 0 Å². The highest BCUT2D eigenvalue weighted by Crippen LogP contribution is 2.46. The molecule has 31 nitrogen and oxygen atoms in total. The van der Waals surface area contributed by atoms with Crippen LogP contribution in [0.4, 0.5) is 10.5 Å². The number of aliphatic hydroxyl groups excluding tert-OH is 7. The summed E-state index contributed by atoms with van der Waals surface area (Å²) in [6.07, 6.45) is -5.00. The summed E-state index contributed by atoms with van der Waals surface area (Å²) in [6, 6.07) is 2.29. The number of unbranched alkanes of at least 4 members (excludes halogenated alkanes) is 5. The van der Waals surface area contributed by atoms with Gasteiger partial charge in [-0.2, -0.15) is 0 Å². The maximum absolute atomic E-state index is 13.5. The third-order valence-corrected chi connectivity index (χ3v) is 15.9. The molecular formula is C59H96N6O25. The van der Waals surface area contributed by atoms with Crippen LogP contribution in [0.15, 0.2) is 18.2 Å². The monoisotopic (exact) mass is 1290 g/mol. The highest BCUT2D eigenvalue weighted by molar-refractivity contribution is 6.02. The summed E-state index contributed by atoms with van der Waals surface area (Å²) in [6.45, 7) is 6.06. The molecule has 0 aromatic heterocycles. The second kappa shape index (κ2) is 40.3. The quantitative estimate of drug-likeness (QED) is 0.0257. The summed E-state index contributed by atoms with van der Waals surface area (Å²) in [4.78, 5) is 101. The van der Waals surface area contributed by atoms with Gasteiger partial charge in [-0.15, -0.1) is 0 Å². The number of carboxylic acids is 1. The van der Waals surface area contributed by atoms with Crippen molar-refractivity contribution in [2.45, 2.75) is 147 Å². The number of carbonyl (C=O) groups excluding carboxylic acids is 7. The van der Waals surface area contributed by atoms with Crippen molar-refractivity contribution >= 4 is 53.3 Å². The van der Waals surface area contributed by atoms with Crippen LogP contribution in [0.5, 0.6) is 0 Å². The van der Waals surface area contributed by atoms with E-state index in [2.05, 4.69) is 26.6 Å². The first-order chi connectivity index (χ1) is 43.0. The zero-order chi connectivity index (χ0) is 66.2. The summed E-state index contributed by atoms with van der Waals surface area (Å²) >= 11 is 0. The number of likely N-dealkylation sites (tertiary alicyclic amines) is 1. The van der Waals surface area contributed by atoms with Gasteiger partial charge >= 0.3 is 12.1 Å². The fraction of sp³-hybridized carbons (Fsp3) is 0.763. The van der Waals surface area contributed by atoms with Crippen molar-refractivity contribution in [3.8, 4) is 0 Å². The molecule has 1 aromatic rings. The second-order valence-electron chi connectivity index (χ2n) is 23.1. The number of carbonyl (C=O) groups is 8. The van der Waals surface area contributed by atoms with Crippen molar-refractivity contribution in [1.82, 2.24) is 26.2 Å². The van der Waals surface area contributed by atoms with E-state index in [0.29, 0.717) is 12.8 Å². The molecule has 2 heterocycles. The van der Waals surface area contributed by atoms with Crippen molar-refractivity contribution in [3.05, 3.63) is 29.3 Å². The van der Waals surface area contributed by atoms with Gasteiger partial charge in [0.25, 0.3) is 11.8 Å². The molecule has 3 fully saturated rings. The van der Waals surface area contributed by atoms with Crippen LogP contribution in [0.25, 0.3) is 0 Å². The number of anilines is 1. The summed E-state index contributed by atoms with van der Waals surface area (Å²) in [7, 11) is 0. The normalized spacial score (nSPS) is 25.7. The first kappa shape index (κ1) is 76.7. The minimum Gasteiger partial charge on any atom is -0.481 e. The Hall–Kier alpha value is -5.78. The Balaban J connectivity index is 1.20. The van der Waals surface area contributed by atoms with Gasteiger partial charge in [0, 0.05) is 93.0 Å². The number of hydrogen-bond donors (Lipinski definition) is 13. The molecule has 3 aliphatic rings. The van der Waals surface area contributed by atoms with E-state index in [9.17, 15) is 74.1 Å². The van der Waals surface area contributed by atoms with Crippen LogP contribution in [0.3, 0.4) is 0 Å². The van der Waals surface area contributed by atoms with Crippen molar-refractivity contribution in [2.75, 3.05) is 131 Å². The molecule has 0 spiro atoms. The second-order valence-corrected chi connectivity index (χ2v) is 23.1. The maximum atomic E-state index is 13.5. The van der Waals surface area contributed by atoms with Crippen LogP contribution in [0.2, 0.25) is 0 Å². The summed E-state index contributed by atoms with van der Waals surface area (Å²) in [5, 5.41) is 93.1. The highest BCUT2D eigenvalue weighted by atomic mass is 16.7. The lowest BCUT2D eigenvalue weighted by molar-refractivity contribution is -0.272. The minimum atomic E-state index is -1.46. The molecule has 2 saturated heterocycles. The molecule has 0 radical (unpaired) electrons. The molecule has 2 aliphatic heterocycles. The molecule has 13 N–H and O–H groups in total. The Morgan fingerprint density at radius 1 is 0.589 bits per heavy atom. The molecule has 31 heteroatoms. The molecule has 0 bridgehead atoms.